The molecule has 2 heterocycles. The Morgan fingerprint density at radius 2 is 1.81 bits per heavy atom. The van der Waals surface area contributed by atoms with Gasteiger partial charge in [-0.25, -0.2) is 4.98 Å². The summed E-state index contributed by atoms with van der Waals surface area (Å²) < 4.78 is 85.6. The molecular weight excluding hydrogens is 440 g/mol. The number of nitrogens with one attached hydrogen (secondary N) is 2. The second kappa shape index (κ2) is 6.53. The Morgan fingerprint density at radius 1 is 1.12 bits per heavy atom. The predicted octanol–water partition coefficient (Wildman–Crippen LogP) is 4.56. The Balaban J connectivity index is 1.30. The lowest BCUT2D eigenvalue weighted by molar-refractivity contribution is -0.403. The average Bonchev–Trinajstić information content (AvgIpc) is 3.01. The summed E-state index contributed by atoms with van der Waals surface area (Å²) in [6.45, 7) is 1.81. The van der Waals surface area contributed by atoms with Crippen LogP contribution in [0.25, 0.3) is 11.0 Å². The SMILES string of the molecule is CC1CC(O)(C23CC(C(F)(F)F)(C2)C3)CC(COc2cc(C(F)(F)F)c3nc[nH]c3c2)N1. The molecule has 3 atom stereocenters. The largest absolute Gasteiger partial charge is 0.492 e. The fourth-order valence-electron chi connectivity index (χ4n) is 6.16. The number of H-pyrrole nitrogens is 1. The number of fused-ring (bicyclic) bond motifs is 1. The number of imidazole rings is 1. The van der Waals surface area contributed by atoms with E-state index < -0.39 is 40.4 Å². The number of rotatable bonds is 4. The molecule has 1 aromatic carbocycles. The van der Waals surface area contributed by atoms with Crippen molar-refractivity contribution >= 4 is 11.0 Å². The molecule has 3 N–H and O–H groups in total. The fraction of sp³-hybridized carbons (Fsp3) is 0.667. The molecule has 176 valence electrons. The summed E-state index contributed by atoms with van der Waals surface area (Å²) in [5.74, 6) is -0.000758. The van der Waals surface area contributed by atoms with E-state index in [-0.39, 0.29) is 55.1 Å². The van der Waals surface area contributed by atoms with Crippen molar-refractivity contribution in [2.75, 3.05) is 6.61 Å². The van der Waals surface area contributed by atoms with Gasteiger partial charge in [0.1, 0.15) is 17.9 Å². The number of halogens is 6. The van der Waals surface area contributed by atoms with Crippen molar-refractivity contribution < 1.29 is 36.2 Å². The second-order valence-electron chi connectivity index (χ2n) is 9.87. The molecule has 1 aliphatic heterocycles. The molecule has 3 saturated carbocycles. The maximum atomic E-state index is 13.4. The summed E-state index contributed by atoms with van der Waals surface area (Å²) in [6.07, 6.45) is -7.37. The summed E-state index contributed by atoms with van der Waals surface area (Å²) >= 11 is 0. The maximum absolute atomic E-state index is 13.4. The second-order valence-corrected chi connectivity index (χ2v) is 9.87. The van der Waals surface area contributed by atoms with Crippen LogP contribution in [0.3, 0.4) is 0 Å². The van der Waals surface area contributed by atoms with Gasteiger partial charge < -0.3 is 20.1 Å². The van der Waals surface area contributed by atoms with Crippen LogP contribution in [0.1, 0.15) is 44.6 Å². The summed E-state index contributed by atoms with van der Waals surface area (Å²) in [4.78, 5) is 6.37. The van der Waals surface area contributed by atoms with Crippen molar-refractivity contribution in [3.8, 4) is 5.75 Å². The molecule has 0 amide bonds. The Bertz CT molecular complexity index is 1030. The molecule has 3 unspecified atom stereocenters. The van der Waals surface area contributed by atoms with Gasteiger partial charge >= 0.3 is 12.4 Å². The highest BCUT2D eigenvalue weighted by Gasteiger charge is 2.83. The van der Waals surface area contributed by atoms with Crippen molar-refractivity contribution in [3.63, 3.8) is 0 Å². The van der Waals surface area contributed by atoms with Gasteiger partial charge in [0.25, 0.3) is 0 Å². The molecule has 11 heteroatoms. The van der Waals surface area contributed by atoms with Crippen LogP contribution in [0, 0.1) is 10.8 Å². The Hall–Kier alpha value is -2.01. The number of alkyl halides is 6. The first-order valence-electron chi connectivity index (χ1n) is 10.5. The molecule has 0 spiro atoms. The molecular formula is C21H23F6N3O2. The van der Waals surface area contributed by atoms with E-state index in [4.69, 9.17) is 4.74 Å². The third-order valence-electron chi connectivity index (χ3n) is 7.62. The van der Waals surface area contributed by atoms with E-state index in [1.165, 1.54) is 12.4 Å². The van der Waals surface area contributed by atoms with Crippen LogP contribution in [-0.2, 0) is 6.18 Å². The summed E-state index contributed by atoms with van der Waals surface area (Å²) in [5.41, 5.74) is -4.60. The smallest absolute Gasteiger partial charge is 0.418 e. The monoisotopic (exact) mass is 463 g/mol. The number of aromatic amines is 1. The minimum atomic E-state index is -4.61. The number of nitrogens with zero attached hydrogens (tertiary/aromatic N) is 1. The predicted molar refractivity (Wildman–Crippen MR) is 102 cm³/mol. The topological polar surface area (TPSA) is 70.2 Å². The third kappa shape index (κ3) is 3.11. The van der Waals surface area contributed by atoms with Crippen molar-refractivity contribution in [2.24, 2.45) is 10.8 Å². The molecule has 3 aliphatic carbocycles. The van der Waals surface area contributed by atoms with E-state index in [0.29, 0.717) is 6.42 Å². The lowest BCUT2D eigenvalue weighted by atomic mass is 9.29. The molecule has 5 nitrogen and oxygen atoms in total. The number of aliphatic hydroxyl groups is 1. The van der Waals surface area contributed by atoms with Gasteiger partial charge in [0, 0.05) is 23.6 Å². The molecule has 2 bridgehead atoms. The summed E-state index contributed by atoms with van der Waals surface area (Å²) in [5, 5.41) is 14.6. The summed E-state index contributed by atoms with van der Waals surface area (Å²) in [6, 6.07) is 1.73. The van der Waals surface area contributed by atoms with E-state index >= 15 is 0 Å². The normalized spacial score (nSPS) is 37.1. The first kappa shape index (κ1) is 21.8. The Morgan fingerprint density at radius 3 is 2.44 bits per heavy atom. The zero-order valence-corrected chi connectivity index (χ0v) is 17.2. The van der Waals surface area contributed by atoms with Gasteiger partial charge in [0.05, 0.1) is 28.4 Å². The molecule has 0 radical (unpaired) electrons. The van der Waals surface area contributed by atoms with Crippen LogP contribution < -0.4 is 10.1 Å². The standard InChI is InChI=1S/C21H23F6N3O2/c1-11-4-19(31,17-7-18(8-17,9-17)21(25,26)27)5-12(30-11)6-32-13-2-14(20(22,23)24)16-15(3-13)28-10-29-16/h2-3,10-12,30-31H,4-9H2,1H3,(H,28,29). The maximum Gasteiger partial charge on any atom is 0.418 e. The highest BCUT2D eigenvalue weighted by Crippen LogP contribution is 2.82. The van der Waals surface area contributed by atoms with Gasteiger partial charge in [-0.05, 0) is 45.1 Å². The highest BCUT2D eigenvalue weighted by molar-refractivity contribution is 5.80. The van der Waals surface area contributed by atoms with Crippen LogP contribution in [0.2, 0.25) is 0 Å². The first-order chi connectivity index (χ1) is 14.8. The molecule has 1 aromatic heterocycles. The van der Waals surface area contributed by atoms with Crippen LogP contribution in [-0.4, -0.2) is 45.5 Å². The number of ether oxygens (including phenoxy) is 1. The molecule has 4 fully saturated rings. The third-order valence-corrected chi connectivity index (χ3v) is 7.62. The zero-order valence-electron chi connectivity index (χ0n) is 17.2. The minimum absolute atomic E-state index is 0.000758. The molecule has 4 aliphatic rings. The first-order valence-corrected chi connectivity index (χ1v) is 10.5. The summed E-state index contributed by atoms with van der Waals surface area (Å²) in [7, 11) is 0. The van der Waals surface area contributed by atoms with E-state index in [1.807, 2.05) is 6.92 Å². The van der Waals surface area contributed by atoms with Crippen LogP contribution in [0.15, 0.2) is 18.5 Å². The number of hydrogen-bond acceptors (Lipinski definition) is 4. The lowest BCUT2D eigenvalue weighted by Crippen LogP contribution is -2.78. The van der Waals surface area contributed by atoms with Crippen molar-refractivity contribution in [1.29, 1.82) is 0 Å². The number of hydrogen-bond donors (Lipinski definition) is 3. The Kier molecular flexibility index (Phi) is 4.45. The highest BCUT2D eigenvalue weighted by atomic mass is 19.4. The van der Waals surface area contributed by atoms with Gasteiger partial charge in [0.15, 0.2) is 0 Å². The quantitative estimate of drug-likeness (QED) is 0.582. The van der Waals surface area contributed by atoms with E-state index in [9.17, 15) is 31.4 Å². The minimum Gasteiger partial charge on any atom is -0.492 e. The van der Waals surface area contributed by atoms with E-state index in [2.05, 4.69) is 15.3 Å². The lowest BCUT2D eigenvalue weighted by Gasteiger charge is -2.76. The van der Waals surface area contributed by atoms with Gasteiger partial charge in [-0.15, -0.1) is 0 Å². The fourth-order valence-corrected chi connectivity index (χ4v) is 6.16. The van der Waals surface area contributed by atoms with Gasteiger partial charge in [0.2, 0.25) is 0 Å². The zero-order chi connectivity index (χ0) is 23.2. The molecule has 1 saturated heterocycles. The average molecular weight is 463 g/mol. The number of piperidine rings is 1. The number of aromatic nitrogens is 2. The molecule has 32 heavy (non-hydrogen) atoms. The van der Waals surface area contributed by atoms with E-state index in [0.717, 1.165) is 6.07 Å². The number of benzene rings is 1. The van der Waals surface area contributed by atoms with Gasteiger partial charge in [-0.3, -0.25) is 0 Å². The molecule has 2 aromatic rings. The van der Waals surface area contributed by atoms with Crippen molar-refractivity contribution in [2.45, 2.75) is 69.1 Å². The van der Waals surface area contributed by atoms with Gasteiger partial charge in [-0.2, -0.15) is 26.3 Å². The molecule has 6 rings (SSSR count). The van der Waals surface area contributed by atoms with Crippen molar-refractivity contribution in [1.82, 2.24) is 15.3 Å². The van der Waals surface area contributed by atoms with Crippen LogP contribution in [0.5, 0.6) is 5.75 Å². The van der Waals surface area contributed by atoms with Crippen molar-refractivity contribution in [3.05, 3.63) is 24.0 Å². The van der Waals surface area contributed by atoms with Crippen LogP contribution >= 0.6 is 0 Å². The Labute approximate surface area is 179 Å². The van der Waals surface area contributed by atoms with E-state index in [1.54, 1.807) is 0 Å². The van der Waals surface area contributed by atoms with Crippen LogP contribution in [0.4, 0.5) is 26.3 Å². The van der Waals surface area contributed by atoms with Gasteiger partial charge in [-0.1, -0.05) is 0 Å².